The second kappa shape index (κ2) is 15.0. The fourth-order valence-electron chi connectivity index (χ4n) is 3.54. The molecular formula is C23H36N8O5S. The van der Waals surface area contributed by atoms with E-state index in [1.165, 1.54) is 30.6 Å². The predicted molar refractivity (Wildman–Crippen MR) is 138 cm³/mol. The van der Waals surface area contributed by atoms with Gasteiger partial charge in [-0.2, -0.15) is 11.8 Å². The van der Waals surface area contributed by atoms with E-state index in [2.05, 4.69) is 35.9 Å². The number of H-pyrrole nitrogens is 2. The molecule has 5 atom stereocenters. The maximum atomic E-state index is 13.3. The quantitative estimate of drug-likeness (QED) is 0.148. The summed E-state index contributed by atoms with van der Waals surface area (Å²) in [5.41, 5.74) is 7.26. The minimum Gasteiger partial charge on any atom is -0.480 e. The first-order valence-corrected chi connectivity index (χ1v) is 13.4. The SMILES string of the molecule is CCC(C)C(NC(=O)C(N)Cc1cnc[nH]1)C(=O)NC(CCSC)C(=O)NC(Cc1cnc[nH]1)C(=O)O. The highest BCUT2D eigenvalue weighted by Gasteiger charge is 2.32. The summed E-state index contributed by atoms with van der Waals surface area (Å²) in [4.78, 5) is 64.3. The van der Waals surface area contributed by atoms with E-state index in [9.17, 15) is 24.3 Å². The molecule has 37 heavy (non-hydrogen) atoms. The third-order valence-corrected chi connectivity index (χ3v) is 6.61. The number of aromatic amines is 2. The van der Waals surface area contributed by atoms with E-state index < -0.39 is 47.9 Å². The fourth-order valence-corrected chi connectivity index (χ4v) is 4.01. The number of nitrogens with two attached hydrogens (primary N) is 1. The van der Waals surface area contributed by atoms with Gasteiger partial charge in [-0.05, 0) is 24.3 Å². The summed E-state index contributed by atoms with van der Waals surface area (Å²) in [6, 6.07) is -4.05. The van der Waals surface area contributed by atoms with Gasteiger partial charge in [0.05, 0.1) is 18.7 Å². The summed E-state index contributed by atoms with van der Waals surface area (Å²) in [6.07, 6.45) is 8.88. The van der Waals surface area contributed by atoms with Gasteiger partial charge in [-0.1, -0.05) is 20.3 Å². The zero-order valence-corrected chi connectivity index (χ0v) is 22.0. The summed E-state index contributed by atoms with van der Waals surface area (Å²) in [7, 11) is 0. The number of carbonyl (C=O) groups is 4. The maximum Gasteiger partial charge on any atom is 0.326 e. The zero-order chi connectivity index (χ0) is 27.4. The van der Waals surface area contributed by atoms with Crippen molar-refractivity contribution in [3.63, 3.8) is 0 Å². The Balaban J connectivity index is 2.10. The number of nitrogens with one attached hydrogen (secondary N) is 5. The largest absolute Gasteiger partial charge is 0.480 e. The molecule has 2 heterocycles. The lowest BCUT2D eigenvalue weighted by molar-refractivity contribution is -0.142. The lowest BCUT2D eigenvalue weighted by Gasteiger charge is -2.28. The van der Waals surface area contributed by atoms with Crippen LogP contribution in [-0.2, 0) is 32.0 Å². The van der Waals surface area contributed by atoms with E-state index in [1.807, 2.05) is 20.1 Å². The minimum absolute atomic E-state index is 0.00401. The number of carbonyl (C=O) groups excluding carboxylic acids is 3. The molecule has 0 aliphatic rings. The van der Waals surface area contributed by atoms with Crippen LogP contribution in [0.2, 0.25) is 0 Å². The molecular weight excluding hydrogens is 500 g/mol. The van der Waals surface area contributed by atoms with Crippen LogP contribution in [-0.4, -0.2) is 84.9 Å². The molecule has 204 valence electrons. The molecule has 0 fully saturated rings. The van der Waals surface area contributed by atoms with Gasteiger partial charge in [-0.15, -0.1) is 0 Å². The molecule has 0 radical (unpaired) electrons. The highest BCUT2D eigenvalue weighted by Crippen LogP contribution is 2.11. The first-order valence-electron chi connectivity index (χ1n) is 12.0. The third-order valence-electron chi connectivity index (χ3n) is 5.96. The van der Waals surface area contributed by atoms with Gasteiger partial charge in [0, 0.05) is 36.6 Å². The topological polar surface area (TPSA) is 208 Å². The van der Waals surface area contributed by atoms with Crippen LogP contribution in [0.15, 0.2) is 25.0 Å². The number of carboxylic acids is 1. The van der Waals surface area contributed by atoms with Crippen LogP contribution in [0.25, 0.3) is 0 Å². The second-order valence-electron chi connectivity index (χ2n) is 8.78. The summed E-state index contributed by atoms with van der Waals surface area (Å²) >= 11 is 1.48. The Morgan fingerprint density at radius 1 is 0.973 bits per heavy atom. The van der Waals surface area contributed by atoms with Crippen molar-refractivity contribution in [2.75, 3.05) is 12.0 Å². The Bertz CT molecular complexity index is 1000. The molecule has 8 N–H and O–H groups in total. The molecule has 14 heteroatoms. The van der Waals surface area contributed by atoms with Crippen molar-refractivity contribution in [1.29, 1.82) is 0 Å². The smallest absolute Gasteiger partial charge is 0.326 e. The van der Waals surface area contributed by atoms with E-state index in [0.29, 0.717) is 23.6 Å². The molecule has 3 amide bonds. The van der Waals surface area contributed by atoms with E-state index in [1.54, 1.807) is 6.20 Å². The number of amides is 3. The molecule has 2 aromatic rings. The van der Waals surface area contributed by atoms with Crippen molar-refractivity contribution in [1.82, 2.24) is 35.9 Å². The summed E-state index contributed by atoms with van der Waals surface area (Å²) in [5.74, 6) is -2.59. The molecule has 5 unspecified atom stereocenters. The molecule has 13 nitrogen and oxygen atoms in total. The maximum absolute atomic E-state index is 13.3. The lowest BCUT2D eigenvalue weighted by Crippen LogP contribution is -2.59. The van der Waals surface area contributed by atoms with Crippen LogP contribution in [0.5, 0.6) is 0 Å². The first-order chi connectivity index (χ1) is 17.7. The van der Waals surface area contributed by atoms with Gasteiger partial charge >= 0.3 is 5.97 Å². The number of aliphatic carboxylic acids is 1. The van der Waals surface area contributed by atoms with Crippen LogP contribution >= 0.6 is 11.8 Å². The minimum atomic E-state index is -1.22. The number of hydrogen-bond acceptors (Lipinski definition) is 8. The van der Waals surface area contributed by atoms with Crippen LogP contribution in [0.1, 0.15) is 38.1 Å². The summed E-state index contributed by atoms with van der Waals surface area (Å²) in [5, 5.41) is 17.5. The molecule has 0 aromatic carbocycles. The molecule has 2 rings (SSSR count). The molecule has 0 spiro atoms. The standard InChI is InChI=1S/C23H36N8O5S/c1-4-13(2)19(31-20(32)16(24)7-14-9-25-11-27-14)22(34)29-17(5-6-37-3)21(33)30-18(23(35)36)8-15-10-26-12-28-15/h9-13,16-19H,4-8,24H2,1-3H3,(H,25,27)(H,26,28)(H,29,34)(H,30,33)(H,31,32)(H,35,36). The normalized spacial score (nSPS) is 15.1. The van der Waals surface area contributed by atoms with Crippen molar-refractivity contribution in [2.45, 2.75) is 63.7 Å². The fraction of sp³-hybridized carbons (Fsp3) is 0.565. The second-order valence-corrected chi connectivity index (χ2v) is 9.77. The number of nitrogens with zero attached hydrogens (tertiary/aromatic N) is 2. The molecule has 2 aromatic heterocycles. The molecule has 0 aliphatic heterocycles. The van der Waals surface area contributed by atoms with Gasteiger partial charge in [0.15, 0.2) is 0 Å². The number of rotatable bonds is 16. The number of imidazole rings is 2. The van der Waals surface area contributed by atoms with Gasteiger partial charge < -0.3 is 36.8 Å². The Morgan fingerprint density at radius 3 is 2.08 bits per heavy atom. The number of hydrogen-bond donors (Lipinski definition) is 7. The van der Waals surface area contributed by atoms with E-state index in [0.717, 1.165) is 0 Å². The lowest BCUT2D eigenvalue weighted by atomic mass is 9.97. The molecule has 0 aliphatic carbocycles. The van der Waals surface area contributed by atoms with Crippen LogP contribution in [0.3, 0.4) is 0 Å². The van der Waals surface area contributed by atoms with Crippen LogP contribution in [0, 0.1) is 5.92 Å². The van der Waals surface area contributed by atoms with Gasteiger partial charge in [0.2, 0.25) is 17.7 Å². The Labute approximate surface area is 219 Å². The highest BCUT2D eigenvalue weighted by molar-refractivity contribution is 7.98. The molecule has 0 saturated carbocycles. The van der Waals surface area contributed by atoms with E-state index in [-0.39, 0.29) is 25.2 Å². The number of carboxylic acid groups (broad SMARTS) is 1. The predicted octanol–water partition coefficient (Wildman–Crippen LogP) is -0.416. The average molecular weight is 537 g/mol. The van der Waals surface area contributed by atoms with Crippen molar-refractivity contribution >= 4 is 35.5 Å². The van der Waals surface area contributed by atoms with Gasteiger partial charge in [-0.3, -0.25) is 14.4 Å². The summed E-state index contributed by atoms with van der Waals surface area (Å²) < 4.78 is 0. The van der Waals surface area contributed by atoms with Crippen molar-refractivity contribution < 1.29 is 24.3 Å². The Kier molecular flexibility index (Phi) is 12.1. The van der Waals surface area contributed by atoms with Gasteiger partial charge in [0.1, 0.15) is 18.1 Å². The first kappa shape index (κ1) is 29.8. The van der Waals surface area contributed by atoms with Gasteiger partial charge in [-0.25, -0.2) is 14.8 Å². The number of aromatic nitrogens is 4. The monoisotopic (exact) mass is 536 g/mol. The van der Waals surface area contributed by atoms with Crippen LogP contribution in [0.4, 0.5) is 0 Å². The zero-order valence-electron chi connectivity index (χ0n) is 21.2. The van der Waals surface area contributed by atoms with Crippen molar-refractivity contribution in [2.24, 2.45) is 11.7 Å². The Hall–Kier alpha value is -3.39. The molecule has 0 saturated heterocycles. The van der Waals surface area contributed by atoms with Crippen LogP contribution < -0.4 is 21.7 Å². The highest BCUT2D eigenvalue weighted by atomic mass is 32.2. The third kappa shape index (κ3) is 9.53. The summed E-state index contributed by atoms with van der Waals surface area (Å²) in [6.45, 7) is 3.69. The van der Waals surface area contributed by atoms with E-state index in [4.69, 9.17) is 5.73 Å². The average Bonchev–Trinajstić information content (AvgIpc) is 3.58. The van der Waals surface area contributed by atoms with Crippen molar-refractivity contribution in [3.05, 3.63) is 36.4 Å². The number of thioether (sulfide) groups is 1. The Morgan fingerprint density at radius 2 is 1.57 bits per heavy atom. The molecule has 0 bridgehead atoms. The van der Waals surface area contributed by atoms with E-state index >= 15 is 0 Å². The van der Waals surface area contributed by atoms with Gasteiger partial charge in [0.25, 0.3) is 0 Å². The van der Waals surface area contributed by atoms with Crippen molar-refractivity contribution in [3.8, 4) is 0 Å².